The number of aromatic nitrogens is 2. The first-order valence-electron chi connectivity index (χ1n) is 6.47. The third-order valence-corrected chi connectivity index (χ3v) is 4.27. The van der Waals surface area contributed by atoms with E-state index in [9.17, 15) is 13.6 Å². The molecule has 0 atom stereocenters. The number of aldehydes is 1. The van der Waals surface area contributed by atoms with E-state index in [0.29, 0.717) is 21.6 Å². The van der Waals surface area contributed by atoms with Crippen LogP contribution in [-0.2, 0) is 0 Å². The predicted octanol–water partition coefficient (Wildman–Crippen LogP) is 5.05. The third kappa shape index (κ3) is 2.80. The molecule has 2 aromatic carbocycles. The first kappa shape index (κ1) is 15.8. The van der Waals surface area contributed by atoms with Crippen LogP contribution in [0.15, 0.2) is 47.1 Å². The van der Waals surface area contributed by atoms with Crippen molar-refractivity contribution in [3.63, 3.8) is 0 Å². The maximum atomic E-state index is 14.0. The highest BCUT2D eigenvalue weighted by atomic mass is 79.9. The fourth-order valence-electron chi connectivity index (χ4n) is 2.15. The Bertz CT molecular complexity index is 894. The van der Waals surface area contributed by atoms with Gasteiger partial charge in [-0.1, -0.05) is 17.7 Å². The van der Waals surface area contributed by atoms with Crippen molar-refractivity contribution < 1.29 is 13.6 Å². The van der Waals surface area contributed by atoms with Gasteiger partial charge in [0, 0.05) is 10.6 Å². The van der Waals surface area contributed by atoms with Crippen LogP contribution in [0.25, 0.3) is 16.9 Å². The minimum Gasteiger partial charge on any atom is -0.298 e. The van der Waals surface area contributed by atoms with Crippen LogP contribution in [0.3, 0.4) is 0 Å². The summed E-state index contributed by atoms with van der Waals surface area (Å²) in [6.07, 6.45) is 0.545. The maximum absolute atomic E-state index is 14.0. The van der Waals surface area contributed by atoms with Gasteiger partial charge in [-0.05, 0) is 52.3 Å². The van der Waals surface area contributed by atoms with Crippen LogP contribution >= 0.6 is 27.5 Å². The second-order valence-corrected chi connectivity index (χ2v) is 5.85. The van der Waals surface area contributed by atoms with Gasteiger partial charge in [0.25, 0.3) is 0 Å². The smallest absolute Gasteiger partial charge is 0.168 e. The molecular weight excluding hydrogens is 390 g/mol. The Morgan fingerprint density at radius 3 is 2.48 bits per heavy atom. The van der Waals surface area contributed by atoms with Gasteiger partial charge in [-0.15, -0.1) is 0 Å². The molecule has 0 aliphatic carbocycles. The van der Waals surface area contributed by atoms with Gasteiger partial charge in [0.05, 0.1) is 11.3 Å². The van der Waals surface area contributed by atoms with Gasteiger partial charge in [0.1, 0.15) is 10.3 Å². The molecule has 0 N–H and O–H groups in total. The summed E-state index contributed by atoms with van der Waals surface area (Å²) in [6, 6.07) is 10.4. The summed E-state index contributed by atoms with van der Waals surface area (Å²) in [5.74, 6) is -2.06. The van der Waals surface area contributed by atoms with Crippen LogP contribution in [0.1, 0.15) is 10.4 Å². The van der Waals surface area contributed by atoms with Crippen LogP contribution in [0, 0.1) is 11.6 Å². The summed E-state index contributed by atoms with van der Waals surface area (Å²) in [4.78, 5) is 11.4. The van der Waals surface area contributed by atoms with Crippen molar-refractivity contribution in [3.8, 4) is 16.9 Å². The second kappa shape index (κ2) is 6.22. The molecule has 0 spiro atoms. The van der Waals surface area contributed by atoms with Crippen molar-refractivity contribution in [1.82, 2.24) is 9.78 Å². The minimum absolute atomic E-state index is 0.0545. The molecule has 0 unspecified atom stereocenters. The number of hydrogen-bond acceptors (Lipinski definition) is 2. The number of hydrogen-bond donors (Lipinski definition) is 0. The molecule has 0 aliphatic rings. The van der Waals surface area contributed by atoms with Crippen LogP contribution in [-0.4, -0.2) is 16.1 Å². The molecule has 0 saturated heterocycles. The molecule has 3 aromatic rings. The van der Waals surface area contributed by atoms with Crippen LogP contribution in [0.2, 0.25) is 5.02 Å². The van der Waals surface area contributed by atoms with E-state index in [1.165, 1.54) is 16.8 Å². The molecule has 7 heteroatoms. The Kier molecular flexibility index (Phi) is 4.28. The van der Waals surface area contributed by atoms with Crippen molar-refractivity contribution in [3.05, 3.63) is 69.3 Å². The summed E-state index contributed by atoms with van der Waals surface area (Å²) in [6.45, 7) is 0. The zero-order valence-corrected chi connectivity index (χ0v) is 13.8. The molecule has 0 radical (unpaired) electrons. The lowest BCUT2D eigenvalue weighted by Gasteiger charge is -2.03. The van der Waals surface area contributed by atoms with E-state index in [0.717, 1.165) is 6.07 Å². The highest BCUT2D eigenvalue weighted by Crippen LogP contribution is 2.32. The highest BCUT2D eigenvalue weighted by Gasteiger charge is 2.21. The SMILES string of the molecule is O=Cc1c(-c2cccc(F)c2F)nn(-c2ccc(Cl)cc2)c1Br. The topological polar surface area (TPSA) is 34.9 Å². The Morgan fingerprint density at radius 1 is 1.13 bits per heavy atom. The van der Waals surface area contributed by atoms with Gasteiger partial charge in [0.15, 0.2) is 17.9 Å². The molecule has 1 aromatic heterocycles. The molecule has 116 valence electrons. The number of halogens is 4. The Balaban J connectivity index is 2.23. The Morgan fingerprint density at radius 2 is 1.83 bits per heavy atom. The summed E-state index contributed by atoms with van der Waals surface area (Å²) in [5, 5.41) is 4.79. The lowest BCUT2D eigenvalue weighted by Crippen LogP contribution is -1.97. The summed E-state index contributed by atoms with van der Waals surface area (Å²) in [7, 11) is 0. The van der Waals surface area contributed by atoms with Crippen molar-refractivity contribution >= 4 is 33.8 Å². The largest absolute Gasteiger partial charge is 0.298 e. The van der Waals surface area contributed by atoms with E-state index < -0.39 is 11.6 Å². The minimum atomic E-state index is -1.05. The molecule has 0 amide bonds. The van der Waals surface area contributed by atoms with E-state index >= 15 is 0 Å². The van der Waals surface area contributed by atoms with Crippen molar-refractivity contribution in [2.75, 3.05) is 0 Å². The average Bonchev–Trinajstić information content (AvgIpc) is 2.87. The van der Waals surface area contributed by atoms with Gasteiger partial charge in [-0.3, -0.25) is 4.79 Å². The lowest BCUT2D eigenvalue weighted by molar-refractivity contribution is 0.112. The van der Waals surface area contributed by atoms with E-state index in [-0.39, 0.29) is 16.8 Å². The monoisotopic (exact) mass is 396 g/mol. The van der Waals surface area contributed by atoms with E-state index in [1.54, 1.807) is 24.3 Å². The Hall–Kier alpha value is -2.05. The zero-order chi connectivity index (χ0) is 16.6. The predicted molar refractivity (Wildman–Crippen MR) is 87.0 cm³/mol. The van der Waals surface area contributed by atoms with Gasteiger partial charge in [0.2, 0.25) is 0 Å². The third-order valence-electron chi connectivity index (χ3n) is 3.26. The summed E-state index contributed by atoms with van der Waals surface area (Å²) < 4.78 is 29.2. The Labute approximate surface area is 143 Å². The first-order valence-corrected chi connectivity index (χ1v) is 7.64. The molecule has 3 rings (SSSR count). The quantitative estimate of drug-likeness (QED) is 0.580. The molecule has 23 heavy (non-hydrogen) atoms. The highest BCUT2D eigenvalue weighted by molar-refractivity contribution is 9.10. The fraction of sp³-hybridized carbons (Fsp3) is 0. The zero-order valence-electron chi connectivity index (χ0n) is 11.4. The molecule has 0 saturated carbocycles. The van der Waals surface area contributed by atoms with E-state index in [4.69, 9.17) is 11.6 Å². The fourth-order valence-corrected chi connectivity index (χ4v) is 2.84. The maximum Gasteiger partial charge on any atom is 0.168 e. The van der Waals surface area contributed by atoms with Crippen LogP contribution < -0.4 is 0 Å². The molecule has 0 bridgehead atoms. The van der Waals surface area contributed by atoms with Crippen molar-refractivity contribution in [1.29, 1.82) is 0 Å². The van der Waals surface area contributed by atoms with Gasteiger partial charge in [-0.25, -0.2) is 13.5 Å². The standard InChI is InChI=1S/C16H8BrClF2N2O/c17-16-12(8-23)15(11-2-1-3-13(19)14(11)20)21-22(16)10-6-4-9(18)5-7-10/h1-8H. The summed E-state index contributed by atoms with van der Waals surface area (Å²) in [5.41, 5.74) is 0.719. The molecule has 0 fully saturated rings. The average molecular weight is 398 g/mol. The number of nitrogens with zero attached hydrogens (tertiary/aromatic N) is 2. The van der Waals surface area contributed by atoms with Crippen molar-refractivity contribution in [2.45, 2.75) is 0 Å². The number of carbonyl (C=O) groups excluding carboxylic acids is 1. The second-order valence-electron chi connectivity index (χ2n) is 4.66. The summed E-state index contributed by atoms with van der Waals surface area (Å²) >= 11 is 9.13. The number of rotatable bonds is 3. The van der Waals surface area contributed by atoms with Gasteiger partial charge < -0.3 is 0 Å². The van der Waals surface area contributed by atoms with Crippen LogP contribution in [0.5, 0.6) is 0 Å². The molecule has 0 aliphatic heterocycles. The van der Waals surface area contributed by atoms with Crippen LogP contribution in [0.4, 0.5) is 8.78 Å². The first-order chi connectivity index (χ1) is 11.0. The molecule has 3 nitrogen and oxygen atoms in total. The van der Waals surface area contributed by atoms with E-state index in [2.05, 4.69) is 21.0 Å². The van der Waals surface area contributed by atoms with Gasteiger partial charge >= 0.3 is 0 Å². The lowest BCUT2D eigenvalue weighted by atomic mass is 10.1. The van der Waals surface area contributed by atoms with Crippen molar-refractivity contribution in [2.24, 2.45) is 0 Å². The molecular formula is C16H8BrClF2N2O. The number of carbonyl (C=O) groups is 1. The van der Waals surface area contributed by atoms with E-state index in [1.807, 2.05) is 0 Å². The van der Waals surface area contributed by atoms with Gasteiger partial charge in [-0.2, -0.15) is 5.10 Å². The molecule has 1 heterocycles. The normalized spacial score (nSPS) is 10.8. The number of benzene rings is 2.